The molecule has 3 heteroatoms. The van der Waals surface area contributed by atoms with E-state index in [2.05, 4.69) is 16.9 Å². The Morgan fingerprint density at radius 3 is 2.88 bits per heavy atom. The maximum Gasteiger partial charge on any atom is 0.165 e. The Balaban J connectivity index is 3.39. The number of carbonyl (C=O) groups is 1. The Labute approximate surface area is 48.1 Å². The number of aliphatic imine (C=N–C) groups is 1. The van der Waals surface area contributed by atoms with Crippen LogP contribution in [0.4, 0.5) is 0 Å². The van der Waals surface area contributed by atoms with Crippen molar-refractivity contribution in [3.8, 4) is 0 Å². The molecule has 0 spiro atoms. The number of hydrogen-bond acceptors (Lipinski definition) is 2. The van der Waals surface area contributed by atoms with Crippen molar-refractivity contribution < 1.29 is 4.79 Å². The van der Waals surface area contributed by atoms with Gasteiger partial charge in [-0.25, -0.2) is 0 Å². The lowest BCUT2D eigenvalue weighted by atomic mass is 10.6. The van der Waals surface area contributed by atoms with Crippen molar-refractivity contribution in [2.45, 2.75) is 0 Å². The van der Waals surface area contributed by atoms with Crippen LogP contribution in [0.15, 0.2) is 17.3 Å². The Morgan fingerprint density at radius 2 is 2.50 bits per heavy atom. The predicted octanol–water partition coefficient (Wildman–Crippen LogP) is -0.0533. The van der Waals surface area contributed by atoms with Crippen LogP contribution in [0.1, 0.15) is 0 Å². The number of nitrogens with one attached hydrogen (secondary N) is 1. The molecule has 0 aliphatic carbocycles. The predicted molar refractivity (Wildman–Crippen MR) is 32.8 cm³/mol. The molecule has 0 aromatic carbocycles. The molecule has 0 aliphatic heterocycles. The zero-order chi connectivity index (χ0) is 6.41. The van der Waals surface area contributed by atoms with E-state index in [4.69, 9.17) is 0 Å². The van der Waals surface area contributed by atoms with E-state index in [1.807, 2.05) is 0 Å². The van der Waals surface area contributed by atoms with Crippen molar-refractivity contribution in [1.29, 1.82) is 0 Å². The third-order valence-electron chi connectivity index (χ3n) is 0.521. The fraction of sp³-hybridized carbons (Fsp3) is 0.200. The van der Waals surface area contributed by atoms with Crippen molar-refractivity contribution in [1.82, 2.24) is 5.32 Å². The van der Waals surface area contributed by atoms with Crippen LogP contribution < -0.4 is 5.32 Å². The van der Waals surface area contributed by atoms with E-state index in [-0.39, 0.29) is 0 Å². The van der Waals surface area contributed by atoms with Crippen molar-refractivity contribution in [3.05, 3.63) is 12.3 Å². The molecule has 0 radical (unpaired) electrons. The average Bonchev–Trinajstić information content (AvgIpc) is 1.83. The van der Waals surface area contributed by atoms with Gasteiger partial charge in [0.15, 0.2) is 6.29 Å². The van der Waals surface area contributed by atoms with E-state index in [1.54, 1.807) is 7.05 Å². The highest BCUT2D eigenvalue weighted by atomic mass is 16.1. The maximum absolute atomic E-state index is 9.79. The number of rotatable bonds is 3. The molecule has 0 saturated heterocycles. The fourth-order valence-electron chi connectivity index (χ4n) is 0.181. The topological polar surface area (TPSA) is 41.5 Å². The molecule has 0 amide bonds. The first-order chi connectivity index (χ1) is 3.81. The first kappa shape index (κ1) is 6.88. The maximum atomic E-state index is 9.79. The van der Waals surface area contributed by atoms with Crippen molar-refractivity contribution >= 4 is 12.6 Å². The number of nitrogens with zero attached hydrogens (tertiary/aromatic N) is 1. The number of carbonyl (C=O) groups excluding carboxylic acids is 1. The van der Waals surface area contributed by atoms with Gasteiger partial charge in [0.2, 0.25) is 0 Å². The summed E-state index contributed by atoms with van der Waals surface area (Å²) in [4.78, 5) is 13.4. The van der Waals surface area contributed by atoms with E-state index in [9.17, 15) is 4.79 Å². The van der Waals surface area contributed by atoms with Crippen LogP contribution >= 0.6 is 0 Å². The first-order valence-electron chi connectivity index (χ1n) is 2.12. The first-order valence-corrected chi connectivity index (χ1v) is 2.12. The number of hydrogen-bond donors (Lipinski definition) is 1. The van der Waals surface area contributed by atoms with Gasteiger partial charge in [0, 0.05) is 7.05 Å². The van der Waals surface area contributed by atoms with Gasteiger partial charge in [-0.2, -0.15) is 0 Å². The lowest BCUT2D eigenvalue weighted by molar-refractivity contribution is -0.105. The third kappa shape index (κ3) is 3.08. The summed E-state index contributed by atoms with van der Waals surface area (Å²) in [6.07, 6.45) is 2.03. The van der Waals surface area contributed by atoms with E-state index >= 15 is 0 Å². The number of aldehydes is 1. The van der Waals surface area contributed by atoms with Crippen molar-refractivity contribution in [2.75, 3.05) is 7.05 Å². The minimum atomic E-state index is 0.315. The van der Waals surface area contributed by atoms with E-state index in [0.29, 0.717) is 12.0 Å². The molecule has 0 aromatic rings. The molecule has 0 heterocycles. The molecule has 1 N–H and O–H groups in total. The molecule has 0 aromatic heterocycles. The smallest absolute Gasteiger partial charge is 0.165 e. The van der Waals surface area contributed by atoms with Crippen molar-refractivity contribution in [2.24, 2.45) is 4.99 Å². The standard InChI is InChI=1S/C5H8N2O/c1-5(3-8)7-4-6-2/h3-4H,1H2,2H3,(H,6,7). The SMILES string of the molecule is C=C(C=O)NC=NC. The van der Waals surface area contributed by atoms with Crippen LogP contribution in [0.2, 0.25) is 0 Å². The van der Waals surface area contributed by atoms with Crippen LogP contribution in [0.25, 0.3) is 0 Å². The summed E-state index contributed by atoms with van der Waals surface area (Å²) in [6, 6.07) is 0. The minimum Gasteiger partial charge on any atom is -0.345 e. The highest BCUT2D eigenvalue weighted by Gasteiger charge is 1.79. The lowest BCUT2D eigenvalue weighted by Crippen LogP contribution is -2.09. The molecule has 0 atom stereocenters. The van der Waals surface area contributed by atoms with E-state index in [0.717, 1.165) is 0 Å². The van der Waals surface area contributed by atoms with Crippen LogP contribution in [0.3, 0.4) is 0 Å². The molecule has 0 fully saturated rings. The second-order valence-corrected chi connectivity index (χ2v) is 1.17. The van der Waals surface area contributed by atoms with Gasteiger partial charge < -0.3 is 5.32 Å². The molecule has 0 aliphatic rings. The highest BCUT2D eigenvalue weighted by Crippen LogP contribution is 1.68. The monoisotopic (exact) mass is 112 g/mol. The molecule has 44 valence electrons. The van der Waals surface area contributed by atoms with Gasteiger partial charge in [0.25, 0.3) is 0 Å². The second-order valence-electron chi connectivity index (χ2n) is 1.17. The van der Waals surface area contributed by atoms with E-state index < -0.39 is 0 Å². The Bertz CT molecular complexity index is 118. The van der Waals surface area contributed by atoms with Gasteiger partial charge >= 0.3 is 0 Å². The summed E-state index contributed by atoms with van der Waals surface area (Å²) >= 11 is 0. The zero-order valence-corrected chi connectivity index (χ0v) is 4.72. The second kappa shape index (κ2) is 4.05. The molecule has 0 unspecified atom stereocenters. The summed E-state index contributed by atoms with van der Waals surface area (Å²) in [6.45, 7) is 3.34. The quantitative estimate of drug-likeness (QED) is 0.240. The average molecular weight is 112 g/mol. The third-order valence-corrected chi connectivity index (χ3v) is 0.521. The molecule has 0 saturated carbocycles. The van der Waals surface area contributed by atoms with Gasteiger partial charge in [-0.1, -0.05) is 6.58 Å². The summed E-state index contributed by atoms with van der Waals surface area (Å²) in [5.74, 6) is 0. The summed E-state index contributed by atoms with van der Waals surface area (Å²) in [5.41, 5.74) is 0.315. The van der Waals surface area contributed by atoms with Gasteiger partial charge in [0.05, 0.1) is 12.0 Å². The molecular weight excluding hydrogens is 104 g/mol. The fourth-order valence-corrected chi connectivity index (χ4v) is 0.181. The Morgan fingerprint density at radius 1 is 1.88 bits per heavy atom. The van der Waals surface area contributed by atoms with Crippen LogP contribution in [-0.2, 0) is 4.79 Å². The summed E-state index contributed by atoms with van der Waals surface area (Å²) in [7, 11) is 1.60. The molecule has 0 rings (SSSR count). The lowest BCUT2D eigenvalue weighted by Gasteiger charge is -1.89. The molecule has 8 heavy (non-hydrogen) atoms. The molecule has 0 bridgehead atoms. The Hall–Kier alpha value is -1.12. The highest BCUT2D eigenvalue weighted by molar-refractivity contribution is 5.76. The normalized spacial score (nSPS) is 9.12. The van der Waals surface area contributed by atoms with Gasteiger partial charge in [-0.15, -0.1) is 0 Å². The van der Waals surface area contributed by atoms with Crippen LogP contribution in [0, 0.1) is 0 Å². The molecule has 3 nitrogen and oxygen atoms in total. The van der Waals surface area contributed by atoms with Crippen molar-refractivity contribution in [3.63, 3.8) is 0 Å². The summed E-state index contributed by atoms with van der Waals surface area (Å²) < 4.78 is 0. The van der Waals surface area contributed by atoms with Gasteiger partial charge in [-0.05, 0) is 0 Å². The van der Waals surface area contributed by atoms with Gasteiger partial charge in [-0.3, -0.25) is 9.79 Å². The number of allylic oxidation sites excluding steroid dienone is 1. The largest absolute Gasteiger partial charge is 0.345 e. The van der Waals surface area contributed by atoms with E-state index in [1.165, 1.54) is 6.34 Å². The molecular formula is C5H8N2O. The van der Waals surface area contributed by atoms with Crippen LogP contribution in [0.5, 0.6) is 0 Å². The summed E-state index contributed by atoms with van der Waals surface area (Å²) in [5, 5.41) is 2.53. The minimum absolute atomic E-state index is 0.315. The zero-order valence-electron chi connectivity index (χ0n) is 4.72. The van der Waals surface area contributed by atoms with Crippen LogP contribution in [-0.4, -0.2) is 19.7 Å². The van der Waals surface area contributed by atoms with Gasteiger partial charge in [0.1, 0.15) is 0 Å². The Kier molecular flexibility index (Phi) is 3.48.